The minimum absolute atomic E-state index is 0.276. The van der Waals surface area contributed by atoms with Gasteiger partial charge in [0.2, 0.25) is 10.0 Å². The number of hydrogen-bond acceptors (Lipinski definition) is 3. The van der Waals surface area contributed by atoms with Gasteiger partial charge in [0.25, 0.3) is 0 Å². The molecule has 1 aromatic rings. The van der Waals surface area contributed by atoms with E-state index in [1.54, 1.807) is 6.07 Å². The van der Waals surface area contributed by atoms with Crippen molar-refractivity contribution in [2.24, 2.45) is 0 Å². The van der Waals surface area contributed by atoms with Crippen molar-refractivity contribution in [2.75, 3.05) is 13.6 Å². The number of aromatic amines is 1. The molecular formula is C9H17N3O2S. The molecule has 0 aromatic carbocycles. The van der Waals surface area contributed by atoms with Crippen molar-refractivity contribution < 1.29 is 8.42 Å². The molecule has 3 N–H and O–H groups in total. The van der Waals surface area contributed by atoms with E-state index in [2.05, 4.69) is 21.9 Å². The molecule has 1 heterocycles. The van der Waals surface area contributed by atoms with E-state index in [1.807, 2.05) is 0 Å². The monoisotopic (exact) mass is 231 g/mol. The lowest BCUT2D eigenvalue weighted by atomic mass is 10.4. The van der Waals surface area contributed by atoms with E-state index in [9.17, 15) is 8.42 Å². The molecule has 5 nitrogen and oxygen atoms in total. The van der Waals surface area contributed by atoms with Gasteiger partial charge >= 0.3 is 0 Å². The van der Waals surface area contributed by atoms with Crippen LogP contribution in [-0.4, -0.2) is 27.0 Å². The average Bonchev–Trinajstić information content (AvgIpc) is 2.68. The molecule has 6 heteroatoms. The molecule has 86 valence electrons. The Balaban J connectivity index is 2.65. The molecule has 0 radical (unpaired) electrons. The van der Waals surface area contributed by atoms with E-state index in [4.69, 9.17) is 0 Å². The summed E-state index contributed by atoms with van der Waals surface area (Å²) >= 11 is 0. The van der Waals surface area contributed by atoms with Crippen molar-refractivity contribution in [3.05, 3.63) is 18.0 Å². The number of rotatable bonds is 6. The maximum Gasteiger partial charge on any atom is 0.241 e. The zero-order chi connectivity index (χ0) is 11.3. The van der Waals surface area contributed by atoms with Crippen molar-refractivity contribution in [1.82, 2.24) is 15.0 Å². The highest BCUT2D eigenvalue weighted by Gasteiger charge is 2.12. The Labute approximate surface area is 90.3 Å². The molecule has 0 bridgehead atoms. The molecule has 0 aliphatic carbocycles. The Hall–Kier alpha value is -0.850. The number of hydrogen-bond donors (Lipinski definition) is 3. The summed E-state index contributed by atoms with van der Waals surface area (Å²) in [6.45, 7) is 3.67. The highest BCUT2D eigenvalue weighted by Crippen LogP contribution is 2.09. The first-order chi connectivity index (χ1) is 7.10. The second kappa shape index (κ2) is 5.29. The summed E-state index contributed by atoms with van der Waals surface area (Å²) in [6, 6.07) is 1.63. The largest absolute Gasteiger partial charge is 0.363 e. The summed E-state index contributed by atoms with van der Waals surface area (Å²) < 4.78 is 25.1. The Bertz CT molecular complexity index is 397. The van der Waals surface area contributed by atoms with Crippen LogP contribution < -0.4 is 10.0 Å². The summed E-state index contributed by atoms with van der Waals surface area (Å²) in [5.41, 5.74) is 0.872. The Morgan fingerprint density at radius 2 is 2.20 bits per heavy atom. The number of sulfonamides is 1. The summed E-state index contributed by atoms with van der Waals surface area (Å²) in [7, 11) is -1.92. The molecule has 0 saturated carbocycles. The maximum absolute atomic E-state index is 11.4. The molecule has 1 aromatic heterocycles. The summed E-state index contributed by atoms with van der Waals surface area (Å²) in [5, 5.41) is 3.19. The fraction of sp³-hybridized carbons (Fsp3) is 0.556. The minimum Gasteiger partial charge on any atom is -0.363 e. The van der Waals surface area contributed by atoms with Crippen molar-refractivity contribution >= 4 is 10.0 Å². The third-order valence-electron chi connectivity index (χ3n) is 2.04. The van der Waals surface area contributed by atoms with Gasteiger partial charge < -0.3 is 10.3 Å². The first-order valence-corrected chi connectivity index (χ1v) is 6.40. The molecule has 0 fully saturated rings. The second-order valence-corrected chi connectivity index (χ2v) is 5.13. The van der Waals surface area contributed by atoms with Gasteiger partial charge in [0.05, 0.1) is 4.90 Å². The zero-order valence-corrected chi connectivity index (χ0v) is 9.82. The summed E-state index contributed by atoms with van der Waals surface area (Å²) in [6.07, 6.45) is 2.55. The standard InChI is InChI=1S/C9H17N3O2S/c1-3-4-11-6-8-5-9(7-12-8)15(13,14)10-2/h5,7,10-12H,3-4,6H2,1-2H3. The van der Waals surface area contributed by atoms with Crippen LogP contribution in [0.4, 0.5) is 0 Å². The van der Waals surface area contributed by atoms with E-state index in [1.165, 1.54) is 13.2 Å². The quantitative estimate of drug-likeness (QED) is 0.621. The molecule has 15 heavy (non-hydrogen) atoms. The predicted octanol–water partition coefficient (Wildman–Crippen LogP) is 0.422. The first-order valence-electron chi connectivity index (χ1n) is 4.91. The molecule has 0 unspecified atom stereocenters. The van der Waals surface area contributed by atoms with Crippen molar-refractivity contribution in [3.8, 4) is 0 Å². The van der Waals surface area contributed by atoms with Crippen LogP contribution in [0, 0.1) is 0 Å². The highest BCUT2D eigenvalue weighted by molar-refractivity contribution is 7.89. The van der Waals surface area contributed by atoms with Crippen LogP contribution in [-0.2, 0) is 16.6 Å². The van der Waals surface area contributed by atoms with Crippen molar-refractivity contribution in [3.63, 3.8) is 0 Å². The smallest absolute Gasteiger partial charge is 0.241 e. The van der Waals surface area contributed by atoms with Crippen molar-refractivity contribution in [1.29, 1.82) is 0 Å². The van der Waals surface area contributed by atoms with Crippen molar-refractivity contribution in [2.45, 2.75) is 24.8 Å². The minimum atomic E-state index is -3.32. The molecule has 1 rings (SSSR count). The van der Waals surface area contributed by atoms with Gasteiger partial charge in [-0.05, 0) is 26.1 Å². The van der Waals surface area contributed by atoms with E-state index in [0.717, 1.165) is 18.7 Å². The Kier molecular flexibility index (Phi) is 4.31. The van der Waals surface area contributed by atoms with Crippen LogP contribution in [0.15, 0.2) is 17.2 Å². The number of aromatic nitrogens is 1. The first kappa shape index (κ1) is 12.2. The SMILES string of the molecule is CCCNCc1cc(S(=O)(=O)NC)c[nH]1. The van der Waals surface area contributed by atoms with E-state index >= 15 is 0 Å². The van der Waals surface area contributed by atoms with Crippen LogP contribution in [0.1, 0.15) is 19.0 Å². The van der Waals surface area contributed by atoms with Gasteiger partial charge in [-0.15, -0.1) is 0 Å². The number of H-pyrrole nitrogens is 1. The highest BCUT2D eigenvalue weighted by atomic mass is 32.2. The summed E-state index contributed by atoms with van der Waals surface area (Å²) in [5.74, 6) is 0. The van der Waals surface area contributed by atoms with Gasteiger partial charge in [-0.3, -0.25) is 0 Å². The van der Waals surface area contributed by atoms with Crippen LogP contribution >= 0.6 is 0 Å². The lowest BCUT2D eigenvalue weighted by Crippen LogP contribution is -2.18. The topological polar surface area (TPSA) is 74.0 Å². The average molecular weight is 231 g/mol. The van der Waals surface area contributed by atoms with Gasteiger partial charge in [0, 0.05) is 18.4 Å². The Morgan fingerprint density at radius 1 is 1.47 bits per heavy atom. The third-order valence-corrected chi connectivity index (χ3v) is 3.43. The van der Waals surface area contributed by atoms with Crippen LogP contribution in [0.3, 0.4) is 0 Å². The fourth-order valence-electron chi connectivity index (χ4n) is 1.19. The molecule has 0 atom stereocenters. The van der Waals surface area contributed by atoms with E-state index in [0.29, 0.717) is 6.54 Å². The summed E-state index contributed by atoms with van der Waals surface area (Å²) in [4.78, 5) is 3.20. The fourth-order valence-corrected chi connectivity index (χ4v) is 1.94. The second-order valence-electron chi connectivity index (χ2n) is 3.24. The zero-order valence-electron chi connectivity index (χ0n) is 9.00. The van der Waals surface area contributed by atoms with Crippen LogP contribution in [0.5, 0.6) is 0 Å². The maximum atomic E-state index is 11.4. The molecular weight excluding hydrogens is 214 g/mol. The molecule has 0 aliphatic heterocycles. The molecule has 0 aliphatic rings. The molecule has 0 amide bonds. The predicted molar refractivity (Wildman–Crippen MR) is 59.0 cm³/mol. The lowest BCUT2D eigenvalue weighted by molar-refractivity contribution is 0.588. The van der Waals surface area contributed by atoms with E-state index < -0.39 is 10.0 Å². The lowest BCUT2D eigenvalue weighted by Gasteiger charge is -1.99. The Morgan fingerprint density at radius 3 is 2.80 bits per heavy atom. The van der Waals surface area contributed by atoms with Gasteiger partial charge in [-0.2, -0.15) is 0 Å². The molecule has 0 saturated heterocycles. The third kappa shape index (κ3) is 3.33. The van der Waals surface area contributed by atoms with Gasteiger partial charge in [0.1, 0.15) is 0 Å². The normalized spacial score (nSPS) is 11.9. The van der Waals surface area contributed by atoms with Crippen LogP contribution in [0.2, 0.25) is 0 Å². The van der Waals surface area contributed by atoms with Gasteiger partial charge in [0.15, 0.2) is 0 Å². The van der Waals surface area contributed by atoms with Crippen LogP contribution in [0.25, 0.3) is 0 Å². The molecule has 0 spiro atoms. The van der Waals surface area contributed by atoms with Gasteiger partial charge in [-0.1, -0.05) is 6.92 Å². The number of nitrogens with one attached hydrogen (secondary N) is 3. The van der Waals surface area contributed by atoms with Gasteiger partial charge in [-0.25, -0.2) is 13.1 Å². The van der Waals surface area contributed by atoms with E-state index in [-0.39, 0.29) is 4.90 Å².